The molecule has 4 rings (SSSR count). The summed E-state index contributed by atoms with van der Waals surface area (Å²) in [6.07, 6.45) is 0. The first-order valence-electron chi connectivity index (χ1n) is 8.64. The summed E-state index contributed by atoms with van der Waals surface area (Å²) in [5.41, 5.74) is 0. The first-order chi connectivity index (χ1) is 12.9. The number of rotatable bonds is 5. The molecule has 0 aliphatic rings. The minimum absolute atomic E-state index is 0.688. The van der Waals surface area contributed by atoms with E-state index in [1.54, 1.807) is 0 Å². The van der Waals surface area contributed by atoms with Crippen LogP contribution in [0.25, 0.3) is 0 Å². The predicted molar refractivity (Wildman–Crippen MR) is 112 cm³/mol. The van der Waals surface area contributed by atoms with Crippen LogP contribution in [-0.2, 0) is 0 Å². The van der Waals surface area contributed by atoms with Crippen molar-refractivity contribution in [1.29, 1.82) is 0 Å². The second-order valence-corrected chi connectivity index (χ2v) is 8.07. The van der Waals surface area contributed by atoms with E-state index in [0.29, 0.717) is 0 Å². The zero-order valence-corrected chi connectivity index (χ0v) is 15.2. The molecule has 0 aliphatic carbocycles. The fourth-order valence-corrected chi connectivity index (χ4v) is 5.30. The van der Waals surface area contributed by atoms with Crippen molar-refractivity contribution in [1.82, 2.24) is 0 Å². The molecule has 0 spiro atoms. The molecule has 1 nitrogen and oxygen atoms in total. The second kappa shape index (κ2) is 7.99. The van der Waals surface area contributed by atoms with Gasteiger partial charge in [-0.25, -0.2) is 0 Å². The van der Waals surface area contributed by atoms with Gasteiger partial charge in [-0.05, 0) is 36.7 Å². The van der Waals surface area contributed by atoms with Crippen molar-refractivity contribution in [2.24, 2.45) is 0 Å². The van der Waals surface area contributed by atoms with E-state index in [1.165, 1.54) is 15.9 Å². The van der Waals surface area contributed by atoms with Crippen molar-refractivity contribution in [2.75, 3.05) is 0 Å². The van der Waals surface area contributed by atoms with Crippen molar-refractivity contribution in [3.05, 3.63) is 115 Å². The molecule has 0 N–H and O–H groups in total. The van der Waals surface area contributed by atoms with Gasteiger partial charge in [-0.3, -0.25) is 0 Å². The average Bonchev–Trinajstić information content (AvgIpc) is 2.72. The quantitative estimate of drug-likeness (QED) is 0.446. The van der Waals surface area contributed by atoms with Crippen LogP contribution in [0.5, 0.6) is 11.5 Å². The molecule has 0 fully saturated rings. The zero-order chi connectivity index (χ0) is 17.6. The number of benzene rings is 4. The molecular formula is C24H19OP. The van der Waals surface area contributed by atoms with Crippen LogP contribution < -0.4 is 20.7 Å². The van der Waals surface area contributed by atoms with Gasteiger partial charge in [0.15, 0.2) is 0 Å². The monoisotopic (exact) mass is 354 g/mol. The molecule has 4 aromatic rings. The molecule has 0 heterocycles. The normalized spacial score (nSPS) is 10.7. The molecule has 0 atom stereocenters. The summed E-state index contributed by atoms with van der Waals surface area (Å²) in [6.45, 7) is 0. The molecule has 0 unspecified atom stereocenters. The van der Waals surface area contributed by atoms with E-state index in [1.807, 2.05) is 36.4 Å². The predicted octanol–water partition coefficient (Wildman–Crippen LogP) is 5.24. The summed E-state index contributed by atoms with van der Waals surface area (Å²) in [4.78, 5) is 0. The lowest BCUT2D eigenvalue weighted by Crippen LogP contribution is -2.21. The highest BCUT2D eigenvalue weighted by molar-refractivity contribution is 7.80. The van der Waals surface area contributed by atoms with E-state index in [4.69, 9.17) is 4.74 Å². The van der Waals surface area contributed by atoms with Gasteiger partial charge in [0.2, 0.25) is 0 Å². The summed E-state index contributed by atoms with van der Waals surface area (Å²) in [5.74, 6) is 1.77. The molecule has 0 bridgehead atoms. The number of para-hydroxylation sites is 2. The van der Waals surface area contributed by atoms with Gasteiger partial charge < -0.3 is 4.74 Å². The number of hydrogen-bond donors (Lipinski definition) is 0. The highest BCUT2D eigenvalue weighted by Gasteiger charge is 2.20. The lowest BCUT2D eigenvalue weighted by molar-refractivity contribution is 0.486. The minimum Gasteiger partial charge on any atom is -0.457 e. The maximum absolute atomic E-state index is 6.25. The Kier molecular flexibility index (Phi) is 5.09. The molecule has 2 heteroatoms. The van der Waals surface area contributed by atoms with Crippen molar-refractivity contribution in [3.63, 3.8) is 0 Å². The SMILES string of the molecule is c1ccc(Oc2ccccc2P(c2ccccc2)c2ccccc2)cc1. The Hall–Kier alpha value is -2.89. The molecular weight excluding hydrogens is 335 g/mol. The summed E-state index contributed by atoms with van der Waals surface area (Å²) >= 11 is 0. The molecule has 0 saturated heterocycles. The van der Waals surface area contributed by atoms with Gasteiger partial charge in [0.05, 0.1) is 0 Å². The van der Waals surface area contributed by atoms with Crippen molar-refractivity contribution in [2.45, 2.75) is 0 Å². The van der Waals surface area contributed by atoms with Crippen LogP contribution in [0.2, 0.25) is 0 Å². The van der Waals surface area contributed by atoms with Crippen LogP contribution in [0.3, 0.4) is 0 Å². The van der Waals surface area contributed by atoms with E-state index < -0.39 is 7.92 Å². The molecule has 0 saturated carbocycles. The molecule has 0 aromatic heterocycles. The number of ether oxygens (including phenoxy) is 1. The Labute approximate surface area is 155 Å². The van der Waals surface area contributed by atoms with Crippen molar-refractivity contribution < 1.29 is 4.74 Å². The summed E-state index contributed by atoms with van der Waals surface area (Å²) in [6, 6.07) is 39.7. The van der Waals surface area contributed by atoms with Crippen LogP contribution in [0, 0.1) is 0 Å². The Bertz CT molecular complexity index is 913. The first kappa shape index (κ1) is 16.6. The summed E-state index contributed by atoms with van der Waals surface area (Å²) < 4.78 is 6.25. The molecule has 0 amide bonds. The van der Waals surface area contributed by atoms with Crippen LogP contribution in [0.1, 0.15) is 0 Å². The van der Waals surface area contributed by atoms with Gasteiger partial charge in [-0.1, -0.05) is 97.1 Å². The highest BCUT2D eigenvalue weighted by Crippen LogP contribution is 2.37. The average molecular weight is 354 g/mol. The molecule has 0 radical (unpaired) electrons. The van der Waals surface area contributed by atoms with Gasteiger partial charge in [-0.2, -0.15) is 0 Å². The van der Waals surface area contributed by atoms with Crippen LogP contribution in [0.4, 0.5) is 0 Å². The Morgan fingerprint density at radius 3 is 1.50 bits per heavy atom. The third kappa shape index (κ3) is 3.69. The maximum atomic E-state index is 6.25. The zero-order valence-electron chi connectivity index (χ0n) is 14.3. The van der Waals surface area contributed by atoms with E-state index in [0.717, 1.165) is 11.5 Å². The maximum Gasteiger partial charge on any atom is 0.135 e. The Balaban J connectivity index is 1.82. The van der Waals surface area contributed by atoms with E-state index in [9.17, 15) is 0 Å². The molecule has 126 valence electrons. The van der Waals surface area contributed by atoms with Gasteiger partial charge in [0, 0.05) is 5.30 Å². The van der Waals surface area contributed by atoms with E-state index >= 15 is 0 Å². The standard InChI is InChI=1S/C24H19OP/c1-4-12-20(13-5-1)25-23-18-10-11-19-24(23)26(21-14-6-2-7-15-21)22-16-8-3-9-17-22/h1-19H. The smallest absolute Gasteiger partial charge is 0.135 e. The summed E-state index contributed by atoms with van der Waals surface area (Å²) in [5, 5.41) is 3.86. The van der Waals surface area contributed by atoms with Crippen LogP contribution in [-0.4, -0.2) is 0 Å². The minimum atomic E-state index is -0.688. The highest BCUT2D eigenvalue weighted by atomic mass is 31.1. The van der Waals surface area contributed by atoms with Crippen LogP contribution in [0.15, 0.2) is 115 Å². The van der Waals surface area contributed by atoms with Crippen molar-refractivity contribution >= 4 is 23.8 Å². The lowest BCUT2D eigenvalue weighted by Gasteiger charge is -2.22. The molecule has 4 aromatic carbocycles. The largest absolute Gasteiger partial charge is 0.457 e. The third-order valence-electron chi connectivity index (χ3n) is 4.11. The fourth-order valence-electron chi connectivity index (χ4n) is 2.93. The number of hydrogen-bond acceptors (Lipinski definition) is 1. The summed E-state index contributed by atoms with van der Waals surface area (Å²) in [7, 11) is -0.688. The van der Waals surface area contributed by atoms with Crippen LogP contribution >= 0.6 is 7.92 Å². The van der Waals surface area contributed by atoms with Gasteiger partial charge in [0.1, 0.15) is 11.5 Å². The second-order valence-electron chi connectivity index (χ2n) is 5.89. The van der Waals surface area contributed by atoms with Crippen molar-refractivity contribution in [3.8, 4) is 11.5 Å². The van der Waals surface area contributed by atoms with Gasteiger partial charge >= 0.3 is 0 Å². The Morgan fingerprint density at radius 2 is 0.923 bits per heavy atom. The fraction of sp³-hybridized carbons (Fsp3) is 0. The van der Waals surface area contributed by atoms with Gasteiger partial charge in [-0.15, -0.1) is 0 Å². The van der Waals surface area contributed by atoms with Gasteiger partial charge in [0.25, 0.3) is 0 Å². The van der Waals surface area contributed by atoms with E-state index in [-0.39, 0.29) is 0 Å². The topological polar surface area (TPSA) is 9.23 Å². The Morgan fingerprint density at radius 1 is 0.462 bits per heavy atom. The molecule has 26 heavy (non-hydrogen) atoms. The van der Waals surface area contributed by atoms with E-state index in [2.05, 4.69) is 78.9 Å². The third-order valence-corrected chi connectivity index (χ3v) is 6.59. The first-order valence-corrected chi connectivity index (χ1v) is 9.98. The lowest BCUT2D eigenvalue weighted by atomic mass is 10.3. The molecule has 0 aliphatic heterocycles.